The van der Waals surface area contributed by atoms with Crippen LogP contribution >= 0.6 is 0 Å². The van der Waals surface area contributed by atoms with Gasteiger partial charge >= 0.3 is 0 Å². The number of ether oxygens (including phenoxy) is 1. The van der Waals surface area contributed by atoms with Gasteiger partial charge in [0.05, 0.1) is 13.3 Å². The van der Waals surface area contributed by atoms with Crippen molar-refractivity contribution in [3.8, 4) is 5.75 Å². The first-order chi connectivity index (χ1) is 12.1. The summed E-state index contributed by atoms with van der Waals surface area (Å²) in [6, 6.07) is 7.15. The maximum absolute atomic E-state index is 12.6. The minimum atomic E-state index is -0.548. The number of hydrogen-bond donors (Lipinski definition) is 2. The largest absolute Gasteiger partial charge is 0.497 e. The molecule has 0 radical (unpaired) electrons. The van der Waals surface area contributed by atoms with Gasteiger partial charge < -0.3 is 15.8 Å². The number of nitrogens with zero attached hydrogens (tertiary/aromatic N) is 2. The highest BCUT2D eigenvalue weighted by Crippen LogP contribution is 2.41. The number of fused-ring (bicyclic) bond motifs is 1. The summed E-state index contributed by atoms with van der Waals surface area (Å²) in [5.74, 6) is 0.840. The van der Waals surface area contributed by atoms with E-state index in [1.807, 2.05) is 24.3 Å². The molecule has 7 heteroatoms. The van der Waals surface area contributed by atoms with Gasteiger partial charge in [0.1, 0.15) is 23.2 Å². The van der Waals surface area contributed by atoms with Crippen LogP contribution in [-0.2, 0) is 4.79 Å². The predicted octanol–water partition coefficient (Wildman–Crippen LogP) is 2.01. The van der Waals surface area contributed by atoms with E-state index in [9.17, 15) is 9.59 Å². The molecule has 0 fully saturated rings. The Bertz CT molecular complexity index is 896. The number of benzene rings is 1. The highest BCUT2D eigenvalue weighted by molar-refractivity contribution is 6.02. The van der Waals surface area contributed by atoms with Crippen LogP contribution in [-0.4, -0.2) is 28.6 Å². The normalized spacial score (nSPS) is 19.1. The summed E-state index contributed by atoms with van der Waals surface area (Å²) in [6.07, 6.45) is 3.52. The van der Waals surface area contributed by atoms with Gasteiger partial charge in [-0.15, -0.1) is 0 Å². The van der Waals surface area contributed by atoms with E-state index < -0.39 is 5.91 Å². The van der Waals surface area contributed by atoms with Crippen LogP contribution in [0.4, 0.5) is 5.82 Å². The number of aromatic nitrogens is 2. The summed E-state index contributed by atoms with van der Waals surface area (Å²) in [5.41, 5.74) is 8.26. The lowest BCUT2D eigenvalue weighted by Gasteiger charge is -2.33. The Morgan fingerprint density at radius 3 is 2.76 bits per heavy atom. The molecule has 3 N–H and O–H groups in total. The molecule has 1 amide bonds. The molecule has 128 valence electrons. The second-order valence-electron chi connectivity index (χ2n) is 6.19. The summed E-state index contributed by atoms with van der Waals surface area (Å²) >= 11 is 0. The molecule has 2 heterocycles. The summed E-state index contributed by atoms with van der Waals surface area (Å²) in [7, 11) is 1.61. The van der Waals surface area contributed by atoms with Gasteiger partial charge in [-0.2, -0.15) is 5.10 Å². The number of nitrogens with two attached hydrogens (primary N) is 1. The zero-order valence-corrected chi connectivity index (χ0v) is 13.8. The lowest BCUT2D eigenvalue weighted by atomic mass is 9.85. The molecule has 0 saturated carbocycles. The van der Waals surface area contributed by atoms with Gasteiger partial charge in [-0.3, -0.25) is 9.59 Å². The Kier molecular flexibility index (Phi) is 3.56. The van der Waals surface area contributed by atoms with Crippen molar-refractivity contribution in [3.05, 3.63) is 52.9 Å². The van der Waals surface area contributed by atoms with Crippen LogP contribution in [0.3, 0.4) is 0 Å². The van der Waals surface area contributed by atoms with E-state index in [1.165, 1.54) is 6.20 Å². The maximum Gasteiger partial charge on any atom is 0.254 e. The number of nitrogens with one attached hydrogen (secondary N) is 1. The number of ketones is 1. The summed E-state index contributed by atoms with van der Waals surface area (Å²) in [5, 5.41) is 7.55. The van der Waals surface area contributed by atoms with E-state index in [2.05, 4.69) is 10.4 Å². The first-order valence-electron chi connectivity index (χ1n) is 8.14. The molecule has 2 aliphatic rings. The zero-order valence-electron chi connectivity index (χ0n) is 13.8. The molecule has 0 saturated heterocycles. The molecule has 7 nitrogen and oxygen atoms in total. The molecule has 1 aromatic carbocycles. The number of carbonyl (C=O) groups excluding carboxylic acids is 2. The van der Waals surface area contributed by atoms with Crippen molar-refractivity contribution in [2.45, 2.75) is 25.3 Å². The molecular formula is C18H18N4O3. The summed E-state index contributed by atoms with van der Waals surface area (Å²) in [6.45, 7) is 0. The molecule has 2 aromatic rings. The lowest BCUT2D eigenvalue weighted by Crippen LogP contribution is -2.32. The number of Topliss-reactive ketones (excluding diaryl/α,β-unsaturated/α-hetero) is 1. The second kappa shape index (κ2) is 5.77. The van der Waals surface area contributed by atoms with E-state index in [1.54, 1.807) is 11.8 Å². The van der Waals surface area contributed by atoms with Gasteiger partial charge in [-0.25, -0.2) is 4.68 Å². The summed E-state index contributed by atoms with van der Waals surface area (Å²) < 4.78 is 6.89. The van der Waals surface area contributed by atoms with Gasteiger partial charge in [0.2, 0.25) is 0 Å². The Hall–Kier alpha value is -3.09. The molecular weight excluding hydrogens is 320 g/mol. The fraction of sp³-hybridized carbons (Fsp3) is 0.278. The molecule has 25 heavy (non-hydrogen) atoms. The average Bonchev–Trinajstić information content (AvgIpc) is 3.04. The van der Waals surface area contributed by atoms with E-state index in [-0.39, 0.29) is 11.8 Å². The maximum atomic E-state index is 12.6. The lowest BCUT2D eigenvalue weighted by molar-refractivity contribution is -0.116. The average molecular weight is 338 g/mol. The number of methoxy groups -OCH3 is 1. The predicted molar refractivity (Wildman–Crippen MR) is 91.4 cm³/mol. The van der Waals surface area contributed by atoms with Crippen LogP contribution in [0.15, 0.2) is 41.7 Å². The first kappa shape index (κ1) is 15.4. The van der Waals surface area contributed by atoms with Gasteiger partial charge in [0.15, 0.2) is 5.78 Å². The smallest absolute Gasteiger partial charge is 0.254 e. The third kappa shape index (κ3) is 2.39. The van der Waals surface area contributed by atoms with Crippen molar-refractivity contribution in [1.29, 1.82) is 0 Å². The fourth-order valence-corrected chi connectivity index (χ4v) is 3.53. The Morgan fingerprint density at radius 2 is 2.08 bits per heavy atom. The molecule has 1 aromatic heterocycles. The van der Waals surface area contributed by atoms with Crippen LogP contribution < -0.4 is 15.8 Å². The van der Waals surface area contributed by atoms with Crippen molar-refractivity contribution >= 4 is 17.5 Å². The van der Waals surface area contributed by atoms with Crippen LogP contribution in [0.1, 0.15) is 41.2 Å². The number of anilines is 1. The number of carbonyl (C=O) groups is 2. The van der Waals surface area contributed by atoms with Gasteiger partial charge in [-0.05, 0) is 30.5 Å². The Labute approximate surface area is 144 Å². The number of rotatable bonds is 3. The fourth-order valence-electron chi connectivity index (χ4n) is 3.53. The van der Waals surface area contributed by atoms with E-state index in [4.69, 9.17) is 10.5 Å². The monoisotopic (exact) mass is 338 g/mol. The van der Waals surface area contributed by atoms with E-state index >= 15 is 0 Å². The van der Waals surface area contributed by atoms with Crippen molar-refractivity contribution in [2.75, 3.05) is 12.4 Å². The molecule has 1 aliphatic heterocycles. The second-order valence-corrected chi connectivity index (χ2v) is 6.19. The van der Waals surface area contributed by atoms with Gasteiger partial charge in [-0.1, -0.05) is 12.1 Å². The van der Waals surface area contributed by atoms with Gasteiger partial charge in [0, 0.05) is 17.7 Å². The summed E-state index contributed by atoms with van der Waals surface area (Å²) in [4.78, 5) is 24.3. The number of amides is 1. The van der Waals surface area contributed by atoms with Gasteiger partial charge in [0.25, 0.3) is 5.91 Å². The van der Waals surface area contributed by atoms with Crippen LogP contribution in [0.5, 0.6) is 5.75 Å². The number of hydrogen-bond acceptors (Lipinski definition) is 5. The Morgan fingerprint density at radius 1 is 1.32 bits per heavy atom. The topological polar surface area (TPSA) is 99.2 Å². The highest BCUT2D eigenvalue weighted by Gasteiger charge is 2.37. The third-order valence-corrected chi connectivity index (χ3v) is 4.74. The van der Waals surface area contributed by atoms with Crippen LogP contribution in [0.25, 0.3) is 0 Å². The molecule has 0 bridgehead atoms. The minimum absolute atomic E-state index is 0.108. The van der Waals surface area contributed by atoms with Crippen molar-refractivity contribution in [3.63, 3.8) is 0 Å². The molecule has 4 rings (SSSR count). The van der Waals surface area contributed by atoms with Crippen molar-refractivity contribution in [2.24, 2.45) is 5.73 Å². The standard InChI is InChI=1S/C18H18N4O3/c1-25-11-7-5-10(6-8-11)16-15-13(3-2-4-14(15)23)21-18-12(17(19)24)9-20-22(16)18/h5-9,16,21H,2-4H2,1H3,(H2,19,24)/t16-/m0/s1. The van der Waals surface area contributed by atoms with E-state index in [0.717, 1.165) is 29.9 Å². The van der Waals surface area contributed by atoms with Crippen molar-refractivity contribution < 1.29 is 14.3 Å². The SMILES string of the molecule is COc1ccc([C@H]2C3=C(CCCC3=O)Nc3c(C(N)=O)cnn32)cc1. The Balaban J connectivity index is 1.90. The van der Waals surface area contributed by atoms with E-state index in [0.29, 0.717) is 23.4 Å². The molecule has 1 aliphatic carbocycles. The number of primary amides is 1. The minimum Gasteiger partial charge on any atom is -0.497 e. The zero-order chi connectivity index (χ0) is 17.6. The van der Waals surface area contributed by atoms with Crippen LogP contribution in [0.2, 0.25) is 0 Å². The third-order valence-electron chi connectivity index (χ3n) is 4.74. The molecule has 1 atom stereocenters. The van der Waals surface area contributed by atoms with Crippen molar-refractivity contribution in [1.82, 2.24) is 9.78 Å². The quantitative estimate of drug-likeness (QED) is 0.892. The van der Waals surface area contributed by atoms with Crippen LogP contribution in [0, 0.1) is 0 Å². The first-order valence-corrected chi connectivity index (χ1v) is 8.14. The molecule has 0 unspecified atom stereocenters. The highest BCUT2D eigenvalue weighted by atomic mass is 16.5. The molecule has 0 spiro atoms. The number of allylic oxidation sites excluding steroid dienone is 2.